The van der Waals surface area contributed by atoms with Gasteiger partial charge < -0.3 is 10.1 Å². The molecule has 3 fully saturated rings. The lowest BCUT2D eigenvalue weighted by molar-refractivity contribution is -0.155. The number of hydrogen-bond acceptors (Lipinski definition) is 2. The number of nitrogens with one attached hydrogen (secondary N) is 1. The summed E-state index contributed by atoms with van der Waals surface area (Å²) >= 11 is 0. The maximum Gasteiger partial charge on any atom is 0.0810 e. The van der Waals surface area contributed by atoms with Gasteiger partial charge >= 0.3 is 0 Å². The summed E-state index contributed by atoms with van der Waals surface area (Å²) < 4.78 is 6.63. The molecule has 0 aromatic heterocycles. The molecule has 2 saturated carbocycles. The summed E-state index contributed by atoms with van der Waals surface area (Å²) in [7, 11) is 0. The van der Waals surface area contributed by atoms with Crippen LogP contribution in [0.1, 0.15) is 64.7 Å². The largest absolute Gasteiger partial charge is 0.369 e. The van der Waals surface area contributed by atoms with Crippen LogP contribution in [0.4, 0.5) is 0 Å². The first-order chi connectivity index (χ1) is 8.77. The van der Waals surface area contributed by atoms with E-state index in [9.17, 15) is 0 Å². The summed E-state index contributed by atoms with van der Waals surface area (Å²) in [4.78, 5) is 0. The zero-order chi connectivity index (χ0) is 12.4. The van der Waals surface area contributed by atoms with Crippen molar-refractivity contribution in [2.24, 2.45) is 11.8 Å². The highest BCUT2D eigenvalue weighted by molar-refractivity contribution is 4.93. The van der Waals surface area contributed by atoms with E-state index in [1.165, 1.54) is 57.8 Å². The number of hydrogen-bond donors (Lipinski definition) is 1. The van der Waals surface area contributed by atoms with Crippen LogP contribution in [0, 0.1) is 11.8 Å². The van der Waals surface area contributed by atoms with E-state index in [1.807, 2.05) is 0 Å². The Morgan fingerprint density at radius 1 is 1.00 bits per heavy atom. The van der Waals surface area contributed by atoms with Gasteiger partial charge in [0.1, 0.15) is 0 Å². The molecule has 0 aromatic carbocycles. The van der Waals surface area contributed by atoms with E-state index in [0.717, 1.165) is 24.9 Å². The minimum Gasteiger partial charge on any atom is -0.369 e. The molecule has 0 aromatic rings. The summed E-state index contributed by atoms with van der Waals surface area (Å²) in [5.74, 6) is 1.77. The van der Waals surface area contributed by atoms with Gasteiger partial charge in [-0.25, -0.2) is 0 Å². The zero-order valence-corrected chi connectivity index (χ0v) is 11.9. The van der Waals surface area contributed by atoms with Gasteiger partial charge in [-0.1, -0.05) is 39.0 Å². The highest BCUT2D eigenvalue weighted by atomic mass is 16.5. The van der Waals surface area contributed by atoms with Gasteiger partial charge in [-0.2, -0.15) is 0 Å². The van der Waals surface area contributed by atoms with Gasteiger partial charge in [0.25, 0.3) is 0 Å². The van der Waals surface area contributed by atoms with E-state index in [0.29, 0.717) is 6.10 Å². The maximum atomic E-state index is 6.63. The van der Waals surface area contributed by atoms with Crippen molar-refractivity contribution in [2.45, 2.75) is 76.4 Å². The zero-order valence-electron chi connectivity index (χ0n) is 11.9. The average molecular weight is 251 g/mol. The molecule has 2 nitrogen and oxygen atoms in total. The van der Waals surface area contributed by atoms with Gasteiger partial charge in [0.15, 0.2) is 0 Å². The Bertz CT molecular complexity index is 259. The Morgan fingerprint density at radius 2 is 1.72 bits per heavy atom. The van der Waals surface area contributed by atoms with E-state index in [2.05, 4.69) is 12.2 Å². The molecule has 18 heavy (non-hydrogen) atoms. The first-order valence-electron chi connectivity index (χ1n) is 8.16. The monoisotopic (exact) mass is 251 g/mol. The number of ether oxygens (including phenoxy) is 1. The molecule has 1 N–H and O–H groups in total. The van der Waals surface area contributed by atoms with E-state index < -0.39 is 0 Å². The third kappa shape index (κ3) is 2.75. The van der Waals surface area contributed by atoms with Crippen molar-refractivity contribution in [3.05, 3.63) is 0 Å². The van der Waals surface area contributed by atoms with Crippen molar-refractivity contribution in [2.75, 3.05) is 13.1 Å². The minimum atomic E-state index is 0.213. The summed E-state index contributed by atoms with van der Waals surface area (Å²) in [5, 5.41) is 3.68. The van der Waals surface area contributed by atoms with Crippen LogP contribution in [0.2, 0.25) is 0 Å². The summed E-state index contributed by atoms with van der Waals surface area (Å²) in [5.41, 5.74) is 0.213. The van der Waals surface area contributed by atoms with Crippen LogP contribution in [0.3, 0.4) is 0 Å². The molecular formula is C16H29NO. The molecule has 0 bridgehead atoms. The standard InChI is InChI=1S/C16H29NO/c1-13-5-7-14(8-6-13)15-11-17-12-16(18-15)9-3-2-4-10-16/h13-15,17H,2-12H2,1H3. The fraction of sp³-hybridized carbons (Fsp3) is 1.00. The normalized spacial score (nSPS) is 40.8. The van der Waals surface area contributed by atoms with Crippen LogP contribution < -0.4 is 5.32 Å². The predicted octanol–water partition coefficient (Wildman–Crippen LogP) is 3.50. The third-order valence-corrected chi connectivity index (χ3v) is 5.55. The van der Waals surface area contributed by atoms with Crippen LogP contribution in [-0.2, 0) is 4.74 Å². The number of rotatable bonds is 1. The summed E-state index contributed by atoms with van der Waals surface area (Å²) in [6.45, 7) is 4.60. The predicted molar refractivity (Wildman–Crippen MR) is 74.7 cm³/mol. The molecule has 2 aliphatic carbocycles. The average Bonchev–Trinajstić information content (AvgIpc) is 2.40. The molecule has 1 unspecified atom stereocenters. The lowest BCUT2D eigenvalue weighted by Crippen LogP contribution is -2.56. The Balaban J connectivity index is 1.59. The van der Waals surface area contributed by atoms with Crippen molar-refractivity contribution in [3.8, 4) is 0 Å². The first kappa shape index (κ1) is 12.9. The Hall–Kier alpha value is -0.0800. The van der Waals surface area contributed by atoms with Crippen LogP contribution in [0.25, 0.3) is 0 Å². The second kappa shape index (κ2) is 5.50. The van der Waals surface area contributed by atoms with Crippen molar-refractivity contribution >= 4 is 0 Å². The van der Waals surface area contributed by atoms with E-state index >= 15 is 0 Å². The Kier molecular flexibility index (Phi) is 3.95. The molecule has 0 radical (unpaired) electrons. The molecule has 1 spiro atoms. The molecule has 1 atom stereocenters. The molecule has 1 saturated heterocycles. The SMILES string of the molecule is CC1CCC(C2CNCC3(CCCCC3)O2)CC1. The Labute approximate surface area is 112 Å². The summed E-state index contributed by atoms with van der Waals surface area (Å²) in [6, 6.07) is 0. The quantitative estimate of drug-likeness (QED) is 0.770. The first-order valence-corrected chi connectivity index (χ1v) is 8.16. The van der Waals surface area contributed by atoms with Gasteiger partial charge in [-0.15, -0.1) is 0 Å². The number of morpholine rings is 1. The van der Waals surface area contributed by atoms with E-state index in [-0.39, 0.29) is 5.60 Å². The highest BCUT2D eigenvalue weighted by Gasteiger charge is 2.40. The highest BCUT2D eigenvalue weighted by Crippen LogP contribution is 2.38. The molecular weight excluding hydrogens is 222 g/mol. The molecule has 1 heterocycles. The van der Waals surface area contributed by atoms with Crippen molar-refractivity contribution in [1.82, 2.24) is 5.32 Å². The lowest BCUT2D eigenvalue weighted by Gasteiger charge is -2.47. The molecule has 2 heteroatoms. The van der Waals surface area contributed by atoms with Crippen LogP contribution >= 0.6 is 0 Å². The Morgan fingerprint density at radius 3 is 2.44 bits per heavy atom. The smallest absolute Gasteiger partial charge is 0.0810 e. The van der Waals surface area contributed by atoms with Gasteiger partial charge in [0.05, 0.1) is 11.7 Å². The van der Waals surface area contributed by atoms with Gasteiger partial charge in [-0.3, -0.25) is 0 Å². The molecule has 3 rings (SSSR count). The molecule has 0 amide bonds. The molecule has 104 valence electrons. The van der Waals surface area contributed by atoms with Gasteiger partial charge in [-0.05, 0) is 37.5 Å². The fourth-order valence-corrected chi connectivity index (χ4v) is 4.26. The van der Waals surface area contributed by atoms with Crippen molar-refractivity contribution in [1.29, 1.82) is 0 Å². The maximum absolute atomic E-state index is 6.63. The summed E-state index contributed by atoms with van der Waals surface area (Å²) in [6.07, 6.45) is 12.9. The van der Waals surface area contributed by atoms with Gasteiger partial charge in [0, 0.05) is 13.1 Å². The van der Waals surface area contributed by atoms with Crippen molar-refractivity contribution in [3.63, 3.8) is 0 Å². The minimum absolute atomic E-state index is 0.213. The van der Waals surface area contributed by atoms with Gasteiger partial charge in [0.2, 0.25) is 0 Å². The molecule has 3 aliphatic rings. The second-order valence-electron chi connectivity index (χ2n) is 7.05. The molecule has 1 aliphatic heterocycles. The topological polar surface area (TPSA) is 21.3 Å². The lowest BCUT2D eigenvalue weighted by atomic mass is 9.78. The third-order valence-electron chi connectivity index (χ3n) is 5.55. The second-order valence-corrected chi connectivity index (χ2v) is 7.05. The fourth-order valence-electron chi connectivity index (χ4n) is 4.26. The van der Waals surface area contributed by atoms with E-state index in [1.54, 1.807) is 0 Å². The van der Waals surface area contributed by atoms with Crippen LogP contribution in [0.15, 0.2) is 0 Å². The van der Waals surface area contributed by atoms with Crippen molar-refractivity contribution < 1.29 is 4.74 Å². The van der Waals surface area contributed by atoms with Crippen LogP contribution in [-0.4, -0.2) is 24.8 Å². The van der Waals surface area contributed by atoms with E-state index in [4.69, 9.17) is 4.74 Å². The van der Waals surface area contributed by atoms with Crippen LogP contribution in [0.5, 0.6) is 0 Å².